The summed E-state index contributed by atoms with van der Waals surface area (Å²) in [5.74, 6) is 0.115. The van der Waals surface area contributed by atoms with Crippen LogP contribution in [0.3, 0.4) is 0 Å². The van der Waals surface area contributed by atoms with E-state index >= 15 is 0 Å². The van der Waals surface area contributed by atoms with Crippen LogP contribution >= 0.6 is 0 Å². The first-order valence-electron chi connectivity index (χ1n) is 7.86. The molecule has 1 aliphatic rings. The van der Waals surface area contributed by atoms with Crippen LogP contribution in [0, 0.1) is 0 Å². The van der Waals surface area contributed by atoms with Crippen LogP contribution in [0.15, 0.2) is 35.2 Å². The number of methoxy groups -OCH3 is 1. The van der Waals surface area contributed by atoms with Gasteiger partial charge in [-0.25, -0.2) is 13.4 Å². The zero-order valence-electron chi connectivity index (χ0n) is 13.4. The molecule has 124 valence electrons. The number of rotatable bonds is 8. The Hall–Kier alpha value is -0.950. The maximum absolute atomic E-state index is 12.5. The molecule has 0 saturated carbocycles. The molecule has 1 N–H and O–H groups in total. The minimum atomic E-state index is -3.26. The Morgan fingerprint density at radius 3 is 2.73 bits per heavy atom. The summed E-state index contributed by atoms with van der Waals surface area (Å²) in [6, 6.07) is 8.92. The van der Waals surface area contributed by atoms with E-state index < -0.39 is 9.84 Å². The van der Waals surface area contributed by atoms with E-state index in [1.807, 2.05) is 13.0 Å². The number of nitrogens with zero attached hydrogens (tertiary/aromatic N) is 1. The summed E-state index contributed by atoms with van der Waals surface area (Å²) in [4.78, 5) is 0.394. The Morgan fingerprint density at radius 2 is 2.09 bits per heavy atom. The van der Waals surface area contributed by atoms with Crippen molar-refractivity contribution in [2.24, 2.45) is 0 Å². The van der Waals surface area contributed by atoms with Crippen LogP contribution in [0.4, 0.5) is 0 Å². The van der Waals surface area contributed by atoms with Gasteiger partial charge in [0.05, 0.1) is 17.3 Å². The first-order chi connectivity index (χ1) is 10.6. The van der Waals surface area contributed by atoms with Crippen molar-refractivity contribution in [3.63, 3.8) is 0 Å². The van der Waals surface area contributed by atoms with E-state index in [0.29, 0.717) is 17.5 Å². The van der Waals surface area contributed by atoms with Gasteiger partial charge in [0.1, 0.15) is 0 Å². The second kappa shape index (κ2) is 8.06. The van der Waals surface area contributed by atoms with Crippen molar-refractivity contribution in [1.82, 2.24) is 10.4 Å². The summed E-state index contributed by atoms with van der Waals surface area (Å²) in [7, 11) is -1.56. The van der Waals surface area contributed by atoms with Crippen LogP contribution in [-0.4, -0.2) is 51.5 Å². The van der Waals surface area contributed by atoms with Crippen LogP contribution in [0.1, 0.15) is 26.2 Å². The lowest BCUT2D eigenvalue weighted by atomic mass is 10.2. The number of ether oxygens (including phenoxy) is 1. The highest BCUT2D eigenvalue weighted by Gasteiger charge is 2.28. The molecule has 5 nitrogen and oxygen atoms in total. The fourth-order valence-corrected chi connectivity index (χ4v) is 4.45. The number of sulfone groups is 1. The van der Waals surface area contributed by atoms with Gasteiger partial charge in [-0.15, -0.1) is 0 Å². The van der Waals surface area contributed by atoms with Gasteiger partial charge in [0, 0.05) is 25.7 Å². The summed E-state index contributed by atoms with van der Waals surface area (Å²) >= 11 is 0. The van der Waals surface area contributed by atoms with Crippen molar-refractivity contribution in [3.05, 3.63) is 30.3 Å². The Morgan fingerprint density at radius 1 is 1.36 bits per heavy atom. The molecule has 0 aromatic heterocycles. The number of nitrogens with one attached hydrogen (secondary N) is 1. The van der Waals surface area contributed by atoms with Crippen LogP contribution in [0.5, 0.6) is 0 Å². The van der Waals surface area contributed by atoms with Gasteiger partial charge in [0.25, 0.3) is 0 Å². The van der Waals surface area contributed by atoms with Crippen LogP contribution < -0.4 is 5.43 Å². The molecule has 6 heteroatoms. The Labute approximate surface area is 133 Å². The molecule has 1 saturated heterocycles. The predicted molar refractivity (Wildman–Crippen MR) is 87.3 cm³/mol. The van der Waals surface area contributed by atoms with Gasteiger partial charge in [0.2, 0.25) is 0 Å². The second-order valence-corrected chi connectivity index (χ2v) is 7.81. The maximum Gasteiger partial charge on any atom is 0.179 e. The molecule has 0 unspecified atom stereocenters. The monoisotopic (exact) mass is 326 g/mol. The van der Waals surface area contributed by atoms with Crippen molar-refractivity contribution < 1.29 is 13.2 Å². The number of benzene rings is 1. The maximum atomic E-state index is 12.5. The standard InChI is InChI=1S/C16H26N2O3S/c1-3-14(17-18-11-7-8-15(18)12-21-2)13-22(19,20)16-9-5-4-6-10-16/h4-6,9-10,14-15,17H,3,7-8,11-13H2,1-2H3/t14-,15-/m0/s1. The van der Waals surface area contributed by atoms with Gasteiger partial charge in [0.15, 0.2) is 9.84 Å². The van der Waals surface area contributed by atoms with Crippen molar-refractivity contribution in [2.45, 2.75) is 43.2 Å². The van der Waals surface area contributed by atoms with Crippen molar-refractivity contribution in [1.29, 1.82) is 0 Å². The molecule has 0 spiro atoms. The van der Waals surface area contributed by atoms with Crippen LogP contribution in [0.2, 0.25) is 0 Å². The number of hydrazine groups is 1. The second-order valence-electron chi connectivity index (χ2n) is 5.77. The summed E-state index contributed by atoms with van der Waals surface area (Å²) in [6.07, 6.45) is 2.97. The van der Waals surface area contributed by atoms with Gasteiger partial charge in [-0.2, -0.15) is 0 Å². The highest BCUT2D eigenvalue weighted by Crippen LogP contribution is 2.17. The average molecular weight is 326 g/mol. The Kier molecular flexibility index (Phi) is 6.37. The molecule has 0 amide bonds. The lowest BCUT2D eigenvalue weighted by Gasteiger charge is -2.29. The fraction of sp³-hybridized carbons (Fsp3) is 0.625. The largest absolute Gasteiger partial charge is 0.383 e. The SMILES string of the molecule is CC[C@@H](CS(=O)(=O)c1ccccc1)NN1CCC[C@H]1COC. The summed E-state index contributed by atoms with van der Waals surface area (Å²) in [6.45, 7) is 3.63. The van der Waals surface area contributed by atoms with Gasteiger partial charge in [-0.1, -0.05) is 25.1 Å². The molecular formula is C16H26N2O3S. The lowest BCUT2D eigenvalue weighted by Crippen LogP contribution is -2.50. The summed E-state index contributed by atoms with van der Waals surface area (Å²) in [5.41, 5.74) is 3.40. The first kappa shape index (κ1) is 17.4. The molecule has 1 heterocycles. The van der Waals surface area contributed by atoms with Crippen molar-refractivity contribution >= 4 is 9.84 Å². The Balaban J connectivity index is 2.00. The minimum Gasteiger partial charge on any atom is -0.383 e. The van der Waals surface area contributed by atoms with E-state index in [2.05, 4.69) is 10.4 Å². The van der Waals surface area contributed by atoms with Gasteiger partial charge in [-0.3, -0.25) is 5.43 Å². The van der Waals surface area contributed by atoms with E-state index in [1.165, 1.54) is 0 Å². The topological polar surface area (TPSA) is 58.6 Å². The third-order valence-corrected chi connectivity index (χ3v) is 5.93. The third kappa shape index (κ3) is 4.52. The molecule has 2 atom stereocenters. The molecule has 1 aliphatic heterocycles. The third-order valence-electron chi connectivity index (χ3n) is 4.10. The molecular weight excluding hydrogens is 300 g/mol. The molecule has 0 aliphatic carbocycles. The minimum absolute atomic E-state index is 0.0809. The molecule has 2 rings (SSSR count). The predicted octanol–water partition coefficient (Wildman–Crippen LogP) is 1.85. The van der Waals surface area contributed by atoms with Crippen molar-refractivity contribution in [3.8, 4) is 0 Å². The zero-order valence-corrected chi connectivity index (χ0v) is 14.2. The molecule has 1 aromatic rings. The fourth-order valence-electron chi connectivity index (χ4n) is 2.84. The van der Waals surface area contributed by atoms with E-state index in [9.17, 15) is 8.42 Å². The molecule has 1 fully saturated rings. The van der Waals surface area contributed by atoms with Gasteiger partial charge >= 0.3 is 0 Å². The van der Waals surface area contributed by atoms with E-state index in [-0.39, 0.29) is 11.8 Å². The normalized spacial score (nSPS) is 21.1. The molecule has 0 bridgehead atoms. The Bertz CT molecular complexity index is 548. The zero-order chi connectivity index (χ0) is 16.0. The summed E-state index contributed by atoms with van der Waals surface area (Å²) in [5, 5.41) is 2.15. The molecule has 1 aromatic carbocycles. The highest BCUT2D eigenvalue weighted by molar-refractivity contribution is 7.91. The first-order valence-corrected chi connectivity index (χ1v) is 9.51. The van der Waals surface area contributed by atoms with Crippen LogP contribution in [-0.2, 0) is 14.6 Å². The van der Waals surface area contributed by atoms with Crippen LogP contribution in [0.25, 0.3) is 0 Å². The molecule has 0 radical (unpaired) electrons. The molecule has 22 heavy (non-hydrogen) atoms. The van der Waals surface area contributed by atoms with E-state index in [4.69, 9.17) is 4.74 Å². The number of hydrogen-bond acceptors (Lipinski definition) is 5. The van der Waals surface area contributed by atoms with Gasteiger partial charge in [-0.05, 0) is 31.4 Å². The average Bonchev–Trinajstić information content (AvgIpc) is 2.95. The smallest absolute Gasteiger partial charge is 0.179 e. The van der Waals surface area contributed by atoms with E-state index in [0.717, 1.165) is 25.8 Å². The summed E-state index contributed by atoms with van der Waals surface area (Å²) < 4.78 is 30.2. The van der Waals surface area contributed by atoms with E-state index in [1.54, 1.807) is 31.4 Å². The van der Waals surface area contributed by atoms with Gasteiger partial charge < -0.3 is 4.74 Å². The quantitative estimate of drug-likeness (QED) is 0.790. The lowest BCUT2D eigenvalue weighted by molar-refractivity contribution is 0.0730. The van der Waals surface area contributed by atoms with Crippen molar-refractivity contribution in [2.75, 3.05) is 26.0 Å². The highest BCUT2D eigenvalue weighted by atomic mass is 32.2. The number of hydrogen-bond donors (Lipinski definition) is 1.